The molecule has 1 fully saturated rings. The van der Waals surface area contributed by atoms with Gasteiger partial charge in [0.2, 0.25) is 5.91 Å². The quantitative estimate of drug-likeness (QED) is 0.790. The minimum absolute atomic E-state index is 0.0163. The molecule has 0 heterocycles. The van der Waals surface area contributed by atoms with Gasteiger partial charge in [-0.1, -0.05) is 42.6 Å². The number of hydrogen-bond acceptors (Lipinski definition) is 3. The molecular formula is C22H26ClN3O2. The van der Waals surface area contributed by atoms with Crippen molar-refractivity contribution in [1.29, 1.82) is 0 Å². The van der Waals surface area contributed by atoms with Crippen LogP contribution in [0.3, 0.4) is 0 Å². The van der Waals surface area contributed by atoms with Crippen molar-refractivity contribution in [2.24, 2.45) is 5.73 Å². The molecule has 0 aromatic heterocycles. The van der Waals surface area contributed by atoms with E-state index >= 15 is 0 Å². The molecule has 3 N–H and O–H groups in total. The Hall–Kier alpha value is -2.37. The molecule has 28 heavy (non-hydrogen) atoms. The number of benzene rings is 2. The second-order valence-corrected chi connectivity index (χ2v) is 7.70. The maximum atomic E-state index is 12.4. The number of nitrogens with one attached hydrogen (secondary N) is 1. The summed E-state index contributed by atoms with van der Waals surface area (Å²) in [7, 11) is 0. The molecule has 0 spiro atoms. The maximum Gasteiger partial charge on any atom is 0.255 e. The Balaban J connectivity index is 1.78. The van der Waals surface area contributed by atoms with Crippen LogP contribution in [0.4, 0.5) is 5.69 Å². The van der Waals surface area contributed by atoms with Crippen LogP contribution in [-0.2, 0) is 11.3 Å². The number of rotatable bonds is 5. The zero-order valence-electron chi connectivity index (χ0n) is 16.0. The van der Waals surface area contributed by atoms with Crippen LogP contribution in [0.2, 0.25) is 5.02 Å². The number of halogens is 1. The van der Waals surface area contributed by atoms with Crippen LogP contribution in [0.25, 0.3) is 0 Å². The minimum Gasteiger partial charge on any atom is -0.334 e. The van der Waals surface area contributed by atoms with Crippen molar-refractivity contribution in [2.45, 2.75) is 51.2 Å². The summed E-state index contributed by atoms with van der Waals surface area (Å²) in [5, 5.41) is 3.45. The number of nitrogens with zero attached hydrogens (tertiary/aromatic N) is 1. The summed E-state index contributed by atoms with van der Waals surface area (Å²) in [6.45, 7) is 1.94. The van der Waals surface area contributed by atoms with Crippen LogP contribution in [0.15, 0.2) is 48.5 Å². The van der Waals surface area contributed by atoms with Crippen LogP contribution in [-0.4, -0.2) is 28.8 Å². The van der Waals surface area contributed by atoms with E-state index in [9.17, 15) is 9.59 Å². The van der Waals surface area contributed by atoms with Crippen LogP contribution in [0, 0.1) is 0 Å². The summed E-state index contributed by atoms with van der Waals surface area (Å²) in [6, 6.07) is 14.4. The highest BCUT2D eigenvalue weighted by Gasteiger charge is 2.29. The number of nitrogens with two attached hydrogens (primary N) is 1. The largest absolute Gasteiger partial charge is 0.334 e. The molecule has 1 aliphatic carbocycles. The highest BCUT2D eigenvalue weighted by Crippen LogP contribution is 2.27. The third-order valence-corrected chi connectivity index (χ3v) is 5.64. The van der Waals surface area contributed by atoms with E-state index in [1.54, 1.807) is 31.2 Å². The fourth-order valence-corrected chi connectivity index (χ4v) is 3.92. The average Bonchev–Trinajstić information content (AvgIpc) is 2.69. The monoisotopic (exact) mass is 399 g/mol. The molecule has 0 bridgehead atoms. The third kappa shape index (κ3) is 4.91. The lowest BCUT2D eigenvalue weighted by atomic mass is 9.89. The third-order valence-electron chi connectivity index (χ3n) is 5.27. The van der Waals surface area contributed by atoms with Gasteiger partial charge >= 0.3 is 0 Å². The lowest BCUT2D eigenvalue weighted by Crippen LogP contribution is -2.51. The Morgan fingerprint density at radius 1 is 1.14 bits per heavy atom. The number of amides is 2. The van der Waals surface area contributed by atoms with Gasteiger partial charge in [-0.3, -0.25) is 9.59 Å². The SMILES string of the molecule is CC(=O)N(Cc1cc(NC(=O)c2ccccc2)ccc1Cl)C1CCCCC1N. The van der Waals surface area contributed by atoms with Crippen LogP contribution < -0.4 is 11.1 Å². The van der Waals surface area contributed by atoms with Gasteiger partial charge in [0.15, 0.2) is 0 Å². The molecule has 5 nitrogen and oxygen atoms in total. The van der Waals surface area contributed by atoms with Crippen molar-refractivity contribution in [1.82, 2.24) is 4.90 Å². The van der Waals surface area contributed by atoms with Crippen molar-refractivity contribution in [3.8, 4) is 0 Å². The summed E-state index contributed by atoms with van der Waals surface area (Å²) in [5.74, 6) is -0.205. The minimum atomic E-state index is -0.188. The first-order chi connectivity index (χ1) is 13.5. The second-order valence-electron chi connectivity index (χ2n) is 7.29. The van der Waals surface area contributed by atoms with E-state index in [2.05, 4.69) is 5.32 Å². The van der Waals surface area contributed by atoms with E-state index in [1.807, 2.05) is 29.2 Å². The second kappa shape index (κ2) is 9.22. The lowest BCUT2D eigenvalue weighted by Gasteiger charge is -2.38. The predicted octanol–water partition coefficient (Wildman–Crippen LogP) is 4.21. The molecule has 2 aromatic carbocycles. The van der Waals surface area contributed by atoms with Gasteiger partial charge in [-0.25, -0.2) is 0 Å². The van der Waals surface area contributed by atoms with E-state index in [0.29, 0.717) is 22.8 Å². The Labute approximate surface area is 170 Å². The topological polar surface area (TPSA) is 75.4 Å². The first-order valence-electron chi connectivity index (χ1n) is 9.63. The van der Waals surface area contributed by atoms with E-state index in [4.69, 9.17) is 17.3 Å². The fraction of sp³-hybridized carbons (Fsp3) is 0.364. The van der Waals surface area contributed by atoms with Crippen molar-refractivity contribution in [2.75, 3.05) is 5.32 Å². The van der Waals surface area contributed by atoms with Gasteiger partial charge in [0.1, 0.15) is 0 Å². The Kier molecular flexibility index (Phi) is 6.70. The highest BCUT2D eigenvalue weighted by atomic mass is 35.5. The zero-order valence-corrected chi connectivity index (χ0v) is 16.8. The van der Waals surface area contributed by atoms with Gasteiger partial charge in [0, 0.05) is 41.8 Å². The molecule has 0 aliphatic heterocycles. The number of carbonyl (C=O) groups excluding carboxylic acids is 2. The van der Waals surface area contributed by atoms with E-state index in [0.717, 1.165) is 31.2 Å². The smallest absolute Gasteiger partial charge is 0.255 e. The fourth-order valence-electron chi connectivity index (χ4n) is 3.74. The molecule has 2 atom stereocenters. The molecule has 2 aromatic rings. The summed E-state index contributed by atoms with van der Waals surface area (Å²) in [6.07, 6.45) is 4.01. The Morgan fingerprint density at radius 3 is 2.54 bits per heavy atom. The first-order valence-corrected chi connectivity index (χ1v) is 10.0. The zero-order chi connectivity index (χ0) is 20.1. The molecule has 6 heteroatoms. The summed E-state index contributed by atoms with van der Waals surface area (Å²) in [4.78, 5) is 26.5. The molecule has 2 unspecified atom stereocenters. The van der Waals surface area contributed by atoms with Crippen LogP contribution in [0.5, 0.6) is 0 Å². The molecule has 0 saturated heterocycles. The summed E-state index contributed by atoms with van der Waals surface area (Å²) < 4.78 is 0. The van der Waals surface area contributed by atoms with Crippen LogP contribution in [0.1, 0.15) is 48.5 Å². The highest BCUT2D eigenvalue weighted by molar-refractivity contribution is 6.31. The lowest BCUT2D eigenvalue weighted by molar-refractivity contribution is -0.133. The molecule has 0 radical (unpaired) electrons. The predicted molar refractivity (Wildman–Crippen MR) is 112 cm³/mol. The van der Waals surface area contributed by atoms with Gasteiger partial charge in [0.05, 0.1) is 0 Å². The maximum absolute atomic E-state index is 12.4. The Morgan fingerprint density at radius 2 is 1.86 bits per heavy atom. The first kappa shape index (κ1) is 20.4. The molecule has 1 saturated carbocycles. The number of carbonyl (C=O) groups is 2. The van der Waals surface area contributed by atoms with Gasteiger partial charge in [0.25, 0.3) is 5.91 Å². The van der Waals surface area contributed by atoms with Crippen molar-refractivity contribution in [3.05, 3.63) is 64.7 Å². The molecule has 148 valence electrons. The van der Waals surface area contributed by atoms with E-state index in [1.165, 1.54) is 0 Å². The summed E-state index contributed by atoms with van der Waals surface area (Å²) >= 11 is 6.39. The van der Waals surface area contributed by atoms with Gasteiger partial charge in [-0.15, -0.1) is 0 Å². The van der Waals surface area contributed by atoms with Crippen molar-refractivity contribution >= 4 is 29.1 Å². The summed E-state index contributed by atoms with van der Waals surface area (Å²) in [5.41, 5.74) is 8.30. The van der Waals surface area contributed by atoms with Crippen molar-refractivity contribution in [3.63, 3.8) is 0 Å². The van der Waals surface area contributed by atoms with Crippen molar-refractivity contribution < 1.29 is 9.59 Å². The van der Waals surface area contributed by atoms with Gasteiger partial charge in [-0.05, 0) is 48.7 Å². The molecule has 1 aliphatic rings. The van der Waals surface area contributed by atoms with E-state index in [-0.39, 0.29) is 23.9 Å². The standard InChI is InChI=1S/C22H26ClN3O2/c1-15(27)26(21-10-6-5-9-20(21)24)14-17-13-18(11-12-19(17)23)25-22(28)16-7-3-2-4-8-16/h2-4,7-8,11-13,20-21H,5-6,9-10,14,24H2,1H3,(H,25,28). The van der Waals surface area contributed by atoms with E-state index < -0.39 is 0 Å². The number of anilines is 1. The van der Waals surface area contributed by atoms with Gasteiger partial charge in [-0.2, -0.15) is 0 Å². The average molecular weight is 400 g/mol. The molecular weight excluding hydrogens is 374 g/mol. The molecule has 2 amide bonds. The Bertz CT molecular complexity index is 841. The molecule has 3 rings (SSSR count). The number of hydrogen-bond donors (Lipinski definition) is 2. The van der Waals surface area contributed by atoms with Gasteiger partial charge < -0.3 is 16.0 Å². The van der Waals surface area contributed by atoms with Crippen LogP contribution >= 0.6 is 11.6 Å². The normalized spacial score (nSPS) is 19.1.